The Morgan fingerprint density at radius 1 is 1.04 bits per heavy atom. The zero-order valence-corrected chi connectivity index (χ0v) is 15.4. The third-order valence-electron chi connectivity index (χ3n) is 4.07. The van der Waals surface area contributed by atoms with Gasteiger partial charge < -0.3 is 10.2 Å². The molecule has 0 aliphatic rings. The molecular formula is C21H15N3O3S. The fourth-order valence-electron chi connectivity index (χ4n) is 2.63. The summed E-state index contributed by atoms with van der Waals surface area (Å²) in [5, 5.41) is 23.8. The van der Waals surface area contributed by atoms with Gasteiger partial charge in [-0.3, -0.25) is 4.79 Å². The highest BCUT2D eigenvalue weighted by Crippen LogP contribution is 2.30. The van der Waals surface area contributed by atoms with Crippen LogP contribution < -0.4 is 5.43 Å². The molecule has 0 saturated carbocycles. The van der Waals surface area contributed by atoms with Crippen LogP contribution in [0.5, 0.6) is 11.5 Å². The first-order chi connectivity index (χ1) is 13.6. The quantitative estimate of drug-likeness (QED) is 0.278. The third-order valence-corrected chi connectivity index (χ3v) is 5.15. The summed E-state index contributed by atoms with van der Waals surface area (Å²) in [5.74, 6) is -0.432. The number of phenolic OH excluding ortho intramolecular Hbond substituents is 2. The number of hydrogen-bond donors (Lipinski definition) is 3. The molecule has 0 aliphatic heterocycles. The summed E-state index contributed by atoms with van der Waals surface area (Å²) in [5.41, 5.74) is 5.03. The highest BCUT2D eigenvalue weighted by atomic mass is 32.1. The second-order valence-corrected chi connectivity index (χ2v) is 7.04. The minimum atomic E-state index is -0.383. The predicted molar refractivity (Wildman–Crippen MR) is 110 cm³/mol. The minimum absolute atomic E-state index is 0.00369. The van der Waals surface area contributed by atoms with Gasteiger partial charge in [0.2, 0.25) is 0 Å². The number of hydrogen-bond acceptors (Lipinski definition) is 6. The average Bonchev–Trinajstić information content (AvgIpc) is 3.15. The van der Waals surface area contributed by atoms with Crippen LogP contribution in [0.15, 0.2) is 71.8 Å². The molecule has 0 fully saturated rings. The summed E-state index contributed by atoms with van der Waals surface area (Å²) in [4.78, 5) is 16.8. The number of phenols is 2. The summed E-state index contributed by atoms with van der Waals surface area (Å²) in [6.07, 6.45) is 1.27. The topological polar surface area (TPSA) is 94.8 Å². The fourth-order valence-corrected chi connectivity index (χ4v) is 3.60. The first-order valence-corrected chi connectivity index (χ1v) is 9.23. The van der Waals surface area contributed by atoms with E-state index in [0.29, 0.717) is 11.1 Å². The van der Waals surface area contributed by atoms with Crippen LogP contribution in [-0.2, 0) is 0 Å². The lowest BCUT2D eigenvalue weighted by molar-refractivity contribution is 0.0955. The van der Waals surface area contributed by atoms with Gasteiger partial charge in [-0.1, -0.05) is 24.3 Å². The molecule has 1 heterocycles. The Bertz CT molecular complexity index is 1150. The van der Waals surface area contributed by atoms with Gasteiger partial charge in [-0.05, 0) is 42.5 Å². The molecule has 6 nitrogen and oxygen atoms in total. The number of aromatic nitrogens is 1. The monoisotopic (exact) mass is 389 g/mol. The number of carbonyl (C=O) groups is 1. The van der Waals surface area contributed by atoms with Gasteiger partial charge in [0.1, 0.15) is 16.5 Å². The second-order valence-electron chi connectivity index (χ2n) is 6.01. The van der Waals surface area contributed by atoms with Crippen molar-refractivity contribution in [1.29, 1.82) is 0 Å². The molecule has 0 bridgehead atoms. The Morgan fingerprint density at radius 2 is 1.82 bits per heavy atom. The molecule has 0 radical (unpaired) electrons. The Labute approximate surface area is 164 Å². The molecule has 0 spiro atoms. The maximum atomic E-state index is 12.2. The number of para-hydroxylation sites is 1. The number of nitrogens with one attached hydrogen (secondary N) is 1. The Balaban J connectivity index is 1.46. The number of amides is 1. The Morgan fingerprint density at radius 3 is 2.61 bits per heavy atom. The number of rotatable bonds is 4. The SMILES string of the molecule is O=C(N/N=C/c1cc(O)ccc1O)c1ccc(-c2nc3ccccc3s2)cc1. The highest BCUT2D eigenvalue weighted by molar-refractivity contribution is 7.21. The van der Waals surface area contributed by atoms with E-state index < -0.39 is 0 Å². The van der Waals surface area contributed by atoms with Crippen molar-refractivity contribution in [2.24, 2.45) is 5.10 Å². The summed E-state index contributed by atoms with van der Waals surface area (Å²) in [7, 11) is 0. The van der Waals surface area contributed by atoms with E-state index in [9.17, 15) is 15.0 Å². The third kappa shape index (κ3) is 3.70. The van der Waals surface area contributed by atoms with Gasteiger partial charge >= 0.3 is 0 Å². The maximum Gasteiger partial charge on any atom is 0.271 e. The van der Waals surface area contributed by atoms with Gasteiger partial charge in [-0.15, -0.1) is 11.3 Å². The molecule has 1 amide bonds. The number of aromatic hydroxyl groups is 2. The van der Waals surface area contributed by atoms with Crippen molar-refractivity contribution in [2.45, 2.75) is 0 Å². The Kier molecular flexibility index (Phi) is 4.74. The van der Waals surface area contributed by atoms with Gasteiger partial charge in [-0.25, -0.2) is 10.4 Å². The summed E-state index contributed by atoms with van der Waals surface area (Å²) in [6.45, 7) is 0. The van der Waals surface area contributed by atoms with Crippen molar-refractivity contribution in [3.05, 3.63) is 77.9 Å². The molecule has 0 aliphatic carbocycles. The van der Waals surface area contributed by atoms with Crippen molar-refractivity contribution in [3.8, 4) is 22.1 Å². The lowest BCUT2D eigenvalue weighted by atomic mass is 10.1. The molecule has 3 aromatic carbocycles. The van der Waals surface area contributed by atoms with Crippen LogP contribution in [-0.4, -0.2) is 27.3 Å². The smallest absolute Gasteiger partial charge is 0.271 e. The number of benzene rings is 3. The molecule has 4 rings (SSSR count). The molecule has 0 atom stereocenters. The van der Waals surface area contributed by atoms with Crippen molar-refractivity contribution in [2.75, 3.05) is 0 Å². The molecule has 0 saturated heterocycles. The molecule has 7 heteroatoms. The molecule has 4 aromatic rings. The predicted octanol–water partition coefficient (Wildman–Crippen LogP) is 4.14. The molecule has 28 heavy (non-hydrogen) atoms. The number of fused-ring (bicyclic) bond motifs is 1. The highest BCUT2D eigenvalue weighted by Gasteiger charge is 2.08. The minimum Gasteiger partial charge on any atom is -0.508 e. The van der Waals surface area contributed by atoms with Crippen molar-refractivity contribution in [3.63, 3.8) is 0 Å². The first-order valence-electron chi connectivity index (χ1n) is 8.41. The van der Waals surface area contributed by atoms with Crippen LogP contribution in [0.4, 0.5) is 0 Å². The van der Waals surface area contributed by atoms with Crippen LogP contribution in [0, 0.1) is 0 Å². The van der Waals surface area contributed by atoms with Gasteiger partial charge in [0.05, 0.1) is 16.4 Å². The molecule has 0 unspecified atom stereocenters. The molecule has 3 N–H and O–H groups in total. The standard InChI is InChI=1S/C21H15N3O3S/c25-16-9-10-18(26)15(11-16)12-22-24-20(27)13-5-7-14(8-6-13)21-23-17-3-1-2-4-19(17)28-21/h1-12,25-26H,(H,24,27)/b22-12+. The van der Waals surface area contributed by atoms with Crippen LogP contribution >= 0.6 is 11.3 Å². The van der Waals surface area contributed by atoms with E-state index in [1.165, 1.54) is 24.4 Å². The lowest BCUT2D eigenvalue weighted by Gasteiger charge is -2.02. The van der Waals surface area contributed by atoms with Crippen LogP contribution in [0.3, 0.4) is 0 Å². The number of hydrazone groups is 1. The van der Waals surface area contributed by atoms with E-state index >= 15 is 0 Å². The zero-order valence-electron chi connectivity index (χ0n) is 14.5. The van der Waals surface area contributed by atoms with Gasteiger partial charge in [0.15, 0.2) is 0 Å². The fraction of sp³-hybridized carbons (Fsp3) is 0. The van der Waals surface area contributed by atoms with E-state index in [-0.39, 0.29) is 17.4 Å². The van der Waals surface area contributed by atoms with E-state index in [4.69, 9.17) is 0 Å². The Hall–Kier alpha value is -3.71. The summed E-state index contributed by atoms with van der Waals surface area (Å²) < 4.78 is 1.11. The van der Waals surface area contributed by atoms with E-state index in [1.54, 1.807) is 23.5 Å². The molecule has 1 aromatic heterocycles. The lowest BCUT2D eigenvalue weighted by Crippen LogP contribution is -2.17. The number of thiazole rings is 1. The second kappa shape index (κ2) is 7.50. The molecular weight excluding hydrogens is 374 g/mol. The largest absolute Gasteiger partial charge is 0.508 e. The van der Waals surface area contributed by atoms with Gasteiger partial charge in [0, 0.05) is 16.7 Å². The molecule has 138 valence electrons. The van der Waals surface area contributed by atoms with Crippen LogP contribution in [0.2, 0.25) is 0 Å². The summed E-state index contributed by atoms with van der Waals surface area (Å²) in [6, 6.07) is 19.1. The van der Waals surface area contributed by atoms with E-state index in [1.807, 2.05) is 36.4 Å². The van der Waals surface area contributed by atoms with Gasteiger partial charge in [-0.2, -0.15) is 5.10 Å². The van der Waals surface area contributed by atoms with Crippen molar-refractivity contribution in [1.82, 2.24) is 10.4 Å². The van der Waals surface area contributed by atoms with Crippen molar-refractivity contribution < 1.29 is 15.0 Å². The van der Waals surface area contributed by atoms with E-state index in [0.717, 1.165) is 20.8 Å². The number of carbonyl (C=O) groups excluding carboxylic acids is 1. The zero-order chi connectivity index (χ0) is 19.5. The average molecular weight is 389 g/mol. The normalized spacial score (nSPS) is 11.1. The first kappa shape index (κ1) is 17.7. The van der Waals surface area contributed by atoms with Crippen molar-refractivity contribution >= 4 is 33.7 Å². The van der Waals surface area contributed by atoms with Crippen LogP contribution in [0.25, 0.3) is 20.8 Å². The van der Waals surface area contributed by atoms with Gasteiger partial charge in [0.25, 0.3) is 5.91 Å². The summed E-state index contributed by atoms with van der Waals surface area (Å²) >= 11 is 1.60. The van der Waals surface area contributed by atoms with Crippen LogP contribution in [0.1, 0.15) is 15.9 Å². The van der Waals surface area contributed by atoms with E-state index in [2.05, 4.69) is 15.5 Å². The number of nitrogens with zero attached hydrogens (tertiary/aromatic N) is 2. The maximum absolute atomic E-state index is 12.2.